The van der Waals surface area contributed by atoms with Gasteiger partial charge in [-0.05, 0) is 39.0 Å². The van der Waals surface area contributed by atoms with Gasteiger partial charge in [-0.1, -0.05) is 19.1 Å². The zero-order valence-electron chi connectivity index (χ0n) is 16.7. The van der Waals surface area contributed by atoms with Crippen LogP contribution in [-0.2, 0) is 4.74 Å². The molecule has 3 rings (SSSR count). The van der Waals surface area contributed by atoms with Crippen molar-refractivity contribution in [2.75, 3.05) is 46.4 Å². The number of nitrogens with zero attached hydrogens (tertiary/aromatic N) is 3. The van der Waals surface area contributed by atoms with Gasteiger partial charge in [-0.3, -0.25) is 9.89 Å². The van der Waals surface area contributed by atoms with Gasteiger partial charge in [0.05, 0.1) is 24.5 Å². The molecule has 3 aliphatic rings. The van der Waals surface area contributed by atoms with Gasteiger partial charge in [0.25, 0.3) is 0 Å². The molecule has 0 spiro atoms. The van der Waals surface area contributed by atoms with Crippen molar-refractivity contribution in [2.24, 2.45) is 10.9 Å². The Balaban J connectivity index is 1.71. The summed E-state index contributed by atoms with van der Waals surface area (Å²) in [6.45, 7) is 12.4. The molecule has 1 aliphatic carbocycles. The Morgan fingerprint density at radius 2 is 2.12 bits per heavy atom. The third-order valence-corrected chi connectivity index (χ3v) is 5.49. The Kier molecular flexibility index (Phi) is 6.68. The summed E-state index contributed by atoms with van der Waals surface area (Å²) in [4.78, 5) is 9.95. The first-order chi connectivity index (χ1) is 12.6. The van der Waals surface area contributed by atoms with Gasteiger partial charge in [0.2, 0.25) is 0 Å². The smallest absolute Gasteiger partial charge is 0.0858 e. The highest BCUT2D eigenvalue weighted by atomic mass is 16.5. The van der Waals surface area contributed by atoms with E-state index >= 15 is 0 Å². The lowest BCUT2D eigenvalue weighted by molar-refractivity contribution is 0.155. The van der Waals surface area contributed by atoms with E-state index in [2.05, 4.69) is 60.3 Å². The van der Waals surface area contributed by atoms with Gasteiger partial charge in [-0.2, -0.15) is 0 Å². The summed E-state index contributed by atoms with van der Waals surface area (Å²) in [5, 5.41) is 3.58. The van der Waals surface area contributed by atoms with Crippen LogP contribution < -0.4 is 5.32 Å². The van der Waals surface area contributed by atoms with Gasteiger partial charge in [0.1, 0.15) is 0 Å². The summed E-state index contributed by atoms with van der Waals surface area (Å²) in [5.41, 5.74) is 3.39. The predicted molar refractivity (Wildman–Crippen MR) is 108 cm³/mol. The topological polar surface area (TPSA) is 40.1 Å². The number of rotatable bonds is 5. The van der Waals surface area contributed by atoms with Crippen molar-refractivity contribution in [1.29, 1.82) is 0 Å². The Morgan fingerprint density at radius 3 is 2.92 bits per heavy atom. The molecule has 5 heteroatoms. The SMILES string of the molecule is CCOCCC1=NC2=CC=CC(N3CC(C)CN(C)C(C)C3)C=C2NC1. The molecule has 1 fully saturated rings. The molecule has 5 nitrogen and oxygen atoms in total. The molecule has 0 aromatic carbocycles. The predicted octanol–water partition coefficient (Wildman–Crippen LogP) is 2.44. The molecule has 3 unspecified atom stereocenters. The molecule has 1 saturated heterocycles. The van der Waals surface area contributed by atoms with Gasteiger partial charge < -0.3 is 15.0 Å². The molecule has 2 aliphatic heterocycles. The van der Waals surface area contributed by atoms with E-state index in [-0.39, 0.29) is 0 Å². The van der Waals surface area contributed by atoms with Crippen LogP contribution in [0.25, 0.3) is 0 Å². The number of aliphatic imine (C=N–C) groups is 1. The van der Waals surface area contributed by atoms with Crippen LogP contribution in [0.1, 0.15) is 27.2 Å². The molecule has 0 aromatic rings. The number of ether oxygens (including phenoxy) is 1. The number of hydrogen-bond acceptors (Lipinski definition) is 5. The van der Waals surface area contributed by atoms with Crippen molar-refractivity contribution in [3.05, 3.63) is 35.7 Å². The third-order valence-electron chi connectivity index (χ3n) is 5.49. The third kappa shape index (κ3) is 4.84. The van der Waals surface area contributed by atoms with E-state index in [1.807, 2.05) is 6.92 Å². The lowest BCUT2D eigenvalue weighted by atomic mass is 10.1. The van der Waals surface area contributed by atoms with Crippen molar-refractivity contribution in [3.63, 3.8) is 0 Å². The van der Waals surface area contributed by atoms with Crippen molar-refractivity contribution in [2.45, 2.75) is 39.3 Å². The monoisotopic (exact) mass is 358 g/mol. The highest BCUT2D eigenvalue weighted by Gasteiger charge is 2.27. The maximum absolute atomic E-state index is 5.47. The highest BCUT2D eigenvalue weighted by Crippen LogP contribution is 2.23. The zero-order chi connectivity index (χ0) is 18.5. The second-order valence-electron chi connectivity index (χ2n) is 7.83. The Bertz CT molecular complexity index is 607. The molecular weight excluding hydrogens is 324 g/mol. The average molecular weight is 359 g/mol. The molecular formula is C21H34N4O. The lowest BCUT2D eigenvalue weighted by Gasteiger charge is -2.30. The second-order valence-corrected chi connectivity index (χ2v) is 7.83. The average Bonchev–Trinajstić information content (AvgIpc) is 2.89. The summed E-state index contributed by atoms with van der Waals surface area (Å²) in [6, 6.07) is 0.896. The minimum absolute atomic E-state index is 0.322. The van der Waals surface area contributed by atoms with E-state index in [1.165, 1.54) is 12.3 Å². The molecule has 0 radical (unpaired) electrons. The van der Waals surface area contributed by atoms with E-state index in [4.69, 9.17) is 9.73 Å². The van der Waals surface area contributed by atoms with Crippen LogP contribution >= 0.6 is 0 Å². The van der Waals surface area contributed by atoms with Crippen LogP contribution in [0.15, 0.2) is 40.7 Å². The van der Waals surface area contributed by atoms with Crippen LogP contribution in [0.5, 0.6) is 0 Å². The second kappa shape index (κ2) is 8.98. The fourth-order valence-electron chi connectivity index (χ4n) is 3.95. The van der Waals surface area contributed by atoms with Crippen LogP contribution in [0, 0.1) is 5.92 Å². The summed E-state index contributed by atoms with van der Waals surface area (Å²) in [6.07, 6.45) is 9.86. The van der Waals surface area contributed by atoms with E-state index in [0.717, 1.165) is 50.7 Å². The molecule has 0 saturated carbocycles. The van der Waals surface area contributed by atoms with Gasteiger partial charge in [0, 0.05) is 50.5 Å². The van der Waals surface area contributed by atoms with E-state index < -0.39 is 0 Å². The summed E-state index contributed by atoms with van der Waals surface area (Å²) in [5.74, 6) is 0.676. The van der Waals surface area contributed by atoms with Crippen molar-refractivity contribution in [3.8, 4) is 0 Å². The maximum Gasteiger partial charge on any atom is 0.0858 e. The number of nitrogens with one attached hydrogen (secondary N) is 1. The van der Waals surface area contributed by atoms with Crippen LogP contribution in [0.3, 0.4) is 0 Å². The summed E-state index contributed by atoms with van der Waals surface area (Å²) in [7, 11) is 2.24. The van der Waals surface area contributed by atoms with Gasteiger partial charge >= 0.3 is 0 Å². The molecule has 2 heterocycles. The van der Waals surface area contributed by atoms with E-state index in [0.29, 0.717) is 18.0 Å². The van der Waals surface area contributed by atoms with Crippen molar-refractivity contribution in [1.82, 2.24) is 15.1 Å². The van der Waals surface area contributed by atoms with Crippen LogP contribution in [0.2, 0.25) is 0 Å². The Morgan fingerprint density at radius 1 is 1.27 bits per heavy atom. The van der Waals surface area contributed by atoms with Crippen LogP contribution in [0.4, 0.5) is 0 Å². The molecule has 0 bridgehead atoms. The highest BCUT2D eigenvalue weighted by molar-refractivity contribution is 5.89. The minimum Gasteiger partial charge on any atom is -0.381 e. The first-order valence-corrected chi connectivity index (χ1v) is 9.99. The lowest BCUT2D eigenvalue weighted by Crippen LogP contribution is -2.41. The number of allylic oxidation sites excluding steroid dienone is 2. The molecule has 26 heavy (non-hydrogen) atoms. The van der Waals surface area contributed by atoms with Gasteiger partial charge in [0.15, 0.2) is 0 Å². The molecule has 1 N–H and O–H groups in total. The minimum atomic E-state index is 0.322. The van der Waals surface area contributed by atoms with E-state index in [1.54, 1.807) is 0 Å². The quantitative estimate of drug-likeness (QED) is 0.767. The largest absolute Gasteiger partial charge is 0.381 e. The summed E-state index contributed by atoms with van der Waals surface area (Å²) >= 11 is 0. The standard InChI is InChI=1S/C21H34N4O/c1-5-26-10-9-18-12-22-21-11-19(7-6-8-20(21)23-18)25-14-16(2)13-24(4)17(3)15-25/h6-8,11,16-17,19,22H,5,9-10,12-15H2,1-4H3. The molecule has 144 valence electrons. The Labute approximate surface area is 158 Å². The zero-order valence-corrected chi connectivity index (χ0v) is 16.7. The molecule has 0 amide bonds. The van der Waals surface area contributed by atoms with E-state index in [9.17, 15) is 0 Å². The number of likely N-dealkylation sites (N-methyl/N-ethyl adjacent to an activating group) is 1. The van der Waals surface area contributed by atoms with Gasteiger partial charge in [-0.15, -0.1) is 0 Å². The Hall–Kier alpha value is -1.43. The van der Waals surface area contributed by atoms with Gasteiger partial charge in [-0.25, -0.2) is 0 Å². The fraction of sp³-hybridized carbons (Fsp3) is 0.667. The molecule has 0 aromatic heterocycles. The number of fused-ring (bicyclic) bond motifs is 1. The normalized spacial score (nSPS) is 30.5. The maximum atomic E-state index is 5.47. The van der Waals surface area contributed by atoms with Crippen LogP contribution in [-0.4, -0.2) is 74.0 Å². The van der Waals surface area contributed by atoms with Crippen molar-refractivity contribution >= 4 is 5.71 Å². The first-order valence-electron chi connectivity index (χ1n) is 9.99. The number of hydrogen-bond donors (Lipinski definition) is 1. The summed E-state index contributed by atoms with van der Waals surface area (Å²) < 4.78 is 5.47. The molecule has 3 atom stereocenters. The van der Waals surface area contributed by atoms with Crippen molar-refractivity contribution < 1.29 is 4.74 Å². The first kappa shape index (κ1) is 19.3. The fourth-order valence-corrected chi connectivity index (χ4v) is 3.95.